The van der Waals surface area contributed by atoms with E-state index in [-0.39, 0.29) is 18.1 Å². The maximum atomic E-state index is 12.1. The number of hydrogen-bond donors (Lipinski definition) is 0. The fourth-order valence-electron chi connectivity index (χ4n) is 1.95. The molecule has 0 radical (unpaired) electrons. The molecule has 1 saturated heterocycles. The molecule has 0 bridgehead atoms. The molecule has 1 aromatic heterocycles. The summed E-state index contributed by atoms with van der Waals surface area (Å²) in [7, 11) is 3.24. The van der Waals surface area contributed by atoms with Crippen molar-refractivity contribution >= 4 is 21.8 Å². The van der Waals surface area contributed by atoms with Gasteiger partial charge in [0.1, 0.15) is 12.2 Å². The zero-order chi connectivity index (χ0) is 12.4. The van der Waals surface area contributed by atoms with Crippen LogP contribution >= 0.6 is 15.9 Å². The molecule has 1 amide bonds. The first kappa shape index (κ1) is 12.6. The molecule has 0 saturated carbocycles. The summed E-state index contributed by atoms with van der Waals surface area (Å²) >= 11 is 3.17. The third-order valence-electron chi connectivity index (χ3n) is 2.89. The fraction of sp³-hybridized carbons (Fsp3) is 0.545. The minimum Gasteiger partial charge on any atom is -0.444 e. The number of likely N-dealkylation sites (tertiary alicyclic amines) is 1. The standard InChI is InChI=1S/C11H14BrNO4/c1-15-8-5-13(6-9(8)16-2)11(14)7-3-4-10(12)17-7/h3-4,8-9H,5-6H2,1-2H3. The van der Waals surface area contributed by atoms with E-state index in [0.717, 1.165) is 0 Å². The van der Waals surface area contributed by atoms with E-state index in [2.05, 4.69) is 15.9 Å². The van der Waals surface area contributed by atoms with Crippen LogP contribution in [-0.2, 0) is 9.47 Å². The van der Waals surface area contributed by atoms with Crippen LogP contribution in [0.5, 0.6) is 0 Å². The van der Waals surface area contributed by atoms with E-state index in [1.807, 2.05) is 0 Å². The first-order chi connectivity index (χ1) is 8.15. The molecule has 2 unspecified atom stereocenters. The third-order valence-corrected chi connectivity index (χ3v) is 3.32. The Morgan fingerprint density at radius 3 is 2.35 bits per heavy atom. The molecule has 1 aliphatic rings. The van der Waals surface area contributed by atoms with Gasteiger partial charge in [0.25, 0.3) is 5.91 Å². The van der Waals surface area contributed by atoms with E-state index in [4.69, 9.17) is 13.9 Å². The molecule has 1 fully saturated rings. The molecule has 1 aliphatic heterocycles. The van der Waals surface area contributed by atoms with Gasteiger partial charge in [-0.2, -0.15) is 0 Å². The van der Waals surface area contributed by atoms with E-state index in [0.29, 0.717) is 23.5 Å². The summed E-state index contributed by atoms with van der Waals surface area (Å²) in [6, 6.07) is 3.35. The second-order valence-corrected chi connectivity index (χ2v) is 4.64. The summed E-state index contributed by atoms with van der Waals surface area (Å²) in [5, 5.41) is 0. The van der Waals surface area contributed by atoms with Gasteiger partial charge in [0, 0.05) is 27.3 Å². The SMILES string of the molecule is COC1CN(C(=O)c2ccc(Br)o2)CC1OC. The van der Waals surface area contributed by atoms with E-state index in [9.17, 15) is 4.79 Å². The van der Waals surface area contributed by atoms with Gasteiger partial charge in [-0.05, 0) is 28.1 Å². The van der Waals surface area contributed by atoms with Crippen molar-refractivity contribution in [2.75, 3.05) is 27.3 Å². The minimum absolute atomic E-state index is 0.0812. The predicted molar refractivity (Wildman–Crippen MR) is 63.9 cm³/mol. The Balaban J connectivity index is 2.07. The quantitative estimate of drug-likeness (QED) is 0.850. The predicted octanol–water partition coefficient (Wildman–Crippen LogP) is 1.53. The Labute approximate surface area is 108 Å². The maximum Gasteiger partial charge on any atom is 0.289 e. The van der Waals surface area contributed by atoms with Crippen LogP contribution in [0.15, 0.2) is 21.2 Å². The molecule has 6 heteroatoms. The van der Waals surface area contributed by atoms with Gasteiger partial charge >= 0.3 is 0 Å². The maximum absolute atomic E-state index is 12.1. The fourth-order valence-corrected chi connectivity index (χ4v) is 2.25. The molecule has 2 atom stereocenters. The molecule has 0 N–H and O–H groups in total. The van der Waals surface area contributed by atoms with E-state index >= 15 is 0 Å². The van der Waals surface area contributed by atoms with Crippen LogP contribution in [-0.4, -0.2) is 50.3 Å². The number of ether oxygens (including phenoxy) is 2. The van der Waals surface area contributed by atoms with E-state index < -0.39 is 0 Å². The van der Waals surface area contributed by atoms with Crippen LogP contribution in [0, 0.1) is 0 Å². The van der Waals surface area contributed by atoms with Gasteiger partial charge in [-0.1, -0.05) is 0 Å². The number of halogens is 1. The number of carbonyl (C=O) groups excluding carboxylic acids is 1. The normalized spacial score (nSPS) is 24.3. The van der Waals surface area contributed by atoms with Crippen molar-refractivity contribution in [3.63, 3.8) is 0 Å². The molecular formula is C11H14BrNO4. The summed E-state index contributed by atoms with van der Waals surface area (Å²) in [5.74, 6) is 0.181. The number of nitrogens with zero attached hydrogens (tertiary/aromatic N) is 1. The summed E-state index contributed by atoms with van der Waals surface area (Å²) in [4.78, 5) is 13.8. The van der Waals surface area contributed by atoms with Crippen molar-refractivity contribution < 1.29 is 18.7 Å². The number of methoxy groups -OCH3 is 2. The Kier molecular flexibility index (Phi) is 3.86. The summed E-state index contributed by atoms with van der Waals surface area (Å²) < 4.78 is 16.3. The largest absolute Gasteiger partial charge is 0.444 e. The zero-order valence-corrected chi connectivity index (χ0v) is 11.3. The Hall–Kier alpha value is -0.850. The van der Waals surface area contributed by atoms with Crippen molar-refractivity contribution in [2.45, 2.75) is 12.2 Å². The van der Waals surface area contributed by atoms with Gasteiger partial charge in [0.05, 0.1) is 0 Å². The molecule has 0 spiro atoms. The number of rotatable bonds is 3. The molecule has 17 heavy (non-hydrogen) atoms. The summed E-state index contributed by atoms with van der Waals surface area (Å²) in [5.41, 5.74) is 0. The van der Waals surface area contributed by atoms with Crippen molar-refractivity contribution in [1.82, 2.24) is 4.90 Å². The van der Waals surface area contributed by atoms with Crippen LogP contribution in [0.2, 0.25) is 0 Å². The van der Waals surface area contributed by atoms with Crippen LogP contribution in [0.4, 0.5) is 0 Å². The lowest BCUT2D eigenvalue weighted by atomic mass is 10.3. The molecule has 2 rings (SSSR count). The second-order valence-electron chi connectivity index (χ2n) is 3.86. The molecule has 0 aromatic carbocycles. The third kappa shape index (κ3) is 2.53. The van der Waals surface area contributed by atoms with E-state index in [1.54, 1.807) is 31.3 Å². The zero-order valence-electron chi connectivity index (χ0n) is 9.68. The van der Waals surface area contributed by atoms with Gasteiger partial charge in [-0.15, -0.1) is 0 Å². The van der Waals surface area contributed by atoms with Crippen molar-refractivity contribution in [2.24, 2.45) is 0 Å². The number of hydrogen-bond acceptors (Lipinski definition) is 4. The Morgan fingerprint density at radius 2 is 1.94 bits per heavy atom. The van der Waals surface area contributed by atoms with Gasteiger partial charge < -0.3 is 18.8 Å². The second kappa shape index (κ2) is 5.20. The summed E-state index contributed by atoms with van der Waals surface area (Å²) in [6.45, 7) is 1.04. The lowest BCUT2D eigenvalue weighted by Gasteiger charge is -2.13. The monoisotopic (exact) mass is 303 g/mol. The summed E-state index contributed by atoms with van der Waals surface area (Å²) in [6.07, 6.45) is -0.162. The van der Waals surface area contributed by atoms with Gasteiger partial charge in [0.15, 0.2) is 10.4 Å². The van der Waals surface area contributed by atoms with Crippen LogP contribution in [0.3, 0.4) is 0 Å². The average Bonchev–Trinajstić information content (AvgIpc) is 2.93. The lowest BCUT2D eigenvalue weighted by molar-refractivity contribution is -0.00461. The molecule has 2 heterocycles. The first-order valence-corrected chi connectivity index (χ1v) is 6.05. The topological polar surface area (TPSA) is 51.9 Å². The molecule has 0 aliphatic carbocycles. The Bertz CT molecular complexity index is 394. The lowest BCUT2D eigenvalue weighted by Crippen LogP contribution is -2.29. The highest BCUT2D eigenvalue weighted by Crippen LogP contribution is 2.21. The average molecular weight is 304 g/mol. The van der Waals surface area contributed by atoms with Crippen LogP contribution in [0.1, 0.15) is 10.6 Å². The molecule has 1 aromatic rings. The minimum atomic E-state index is -0.141. The smallest absolute Gasteiger partial charge is 0.289 e. The molecular weight excluding hydrogens is 290 g/mol. The van der Waals surface area contributed by atoms with E-state index in [1.165, 1.54) is 0 Å². The van der Waals surface area contributed by atoms with Gasteiger partial charge in [0.2, 0.25) is 0 Å². The van der Waals surface area contributed by atoms with Crippen molar-refractivity contribution in [1.29, 1.82) is 0 Å². The number of amides is 1. The van der Waals surface area contributed by atoms with Crippen LogP contribution in [0.25, 0.3) is 0 Å². The van der Waals surface area contributed by atoms with Crippen molar-refractivity contribution in [3.05, 3.63) is 22.6 Å². The van der Waals surface area contributed by atoms with Crippen LogP contribution < -0.4 is 0 Å². The highest BCUT2D eigenvalue weighted by atomic mass is 79.9. The van der Waals surface area contributed by atoms with Crippen molar-refractivity contribution in [3.8, 4) is 0 Å². The highest BCUT2D eigenvalue weighted by Gasteiger charge is 2.36. The van der Waals surface area contributed by atoms with Gasteiger partial charge in [-0.25, -0.2) is 0 Å². The molecule has 94 valence electrons. The highest BCUT2D eigenvalue weighted by molar-refractivity contribution is 9.10. The number of carbonyl (C=O) groups is 1. The Morgan fingerprint density at radius 1 is 1.35 bits per heavy atom. The number of furan rings is 1. The van der Waals surface area contributed by atoms with Gasteiger partial charge in [-0.3, -0.25) is 4.79 Å². The molecule has 5 nitrogen and oxygen atoms in total. The first-order valence-electron chi connectivity index (χ1n) is 5.26.